The molecule has 3 rings (SSSR count). The lowest BCUT2D eigenvalue weighted by Gasteiger charge is -2.31. The van der Waals surface area contributed by atoms with E-state index in [-0.39, 0.29) is 0 Å². The Balaban J connectivity index is 1.83. The molecule has 1 heterocycles. The van der Waals surface area contributed by atoms with Gasteiger partial charge in [-0.1, -0.05) is 60.7 Å². The van der Waals surface area contributed by atoms with Crippen molar-refractivity contribution in [1.29, 1.82) is 0 Å². The summed E-state index contributed by atoms with van der Waals surface area (Å²) in [6.07, 6.45) is 2.32. The maximum absolute atomic E-state index is 3.51. The van der Waals surface area contributed by atoms with Gasteiger partial charge in [0.2, 0.25) is 0 Å². The highest BCUT2D eigenvalue weighted by atomic mass is 15.2. The second-order valence-electron chi connectivity index (χ2n) is 5.76. The van der Waals surface area contributed by atoms with Gasteiger partial charge in [-0.05, 0) is 30.5 Å². The first-order valence-corrected chi connectivity index (χ1v) is 7.97. The summed E-state index contributed by atoms with van der Waals surface area (Å²) in [7, 11) is 0. The molecule has 1 atom stereocenters. The first-order valence-electron chi connectivity index (χ1n) is 7.97. The van der Waals surface area contributed by atoms with Crippen molar-refractivity contribution >= 4 is 0 Å². The molecule has 0 radical (unpaired) electrons. The predicted octanol–water partition coefficient (Wildman–Crippen LogP) is 3.27. The maximum atomic E-state index is 3.51. The van der Waals surface area contributed by atoms with Gasteiger partial charge in [-0.2, -0.15) is 0 Å². The van der Waals surface area contributed by atoms with E-state index in [9.17, 15) is 0 Å². The fourth-order valence-electron chi connectivity index (χ4n) is 3.15. The van der Waals surface area contributed by atoms with Crippen LogP contribution in [0.3, 0.4) is 0 Å². The summed E-state index contributed by atoms with van der Waals surface area (Å²) in [5, 5.41) is 3.51. The minimum atomic E-state index is 0.480. The fraction of sp³-hybridized carbons (Fsp3) is 0.368. The minimum absolute atomic E-state index is 0.480. The second kappa shape index (κ2) is 7.39. The standard InChI is InChI=1S/C19H24N2/c1-3-8-17(9-4-1)16-19(18-10-5-2-6-11-18)21-14-7-12-20-13-15-21/h1-6,8-11,19-20H,7,12-16H2. The van der Waals surface area contributed by atoms with Crippen molar-refractivity contribution in [3.05, 3.63) is 71.8 Å². The first kappa shape index (κ1) is 14.3. The molecular formula is C19H24N2. The molecule has 1 saturated heterocycles. The van der Waals surface area contributed by atoms with E-state index in [0.29, 0.717) is 6.04 Å². The van der Waals surface area contributed by atoms with Crippen molar-refractivity contribution < 1.29 is 0 Å². The SMILES string of the molecule is c1ccc(CC(c2ccccc2)N2CCCNCC2)cc1. The molecule has 2 aromatic rings. The van der Waals surface area contributed by atoms with Crippen molar-refractivity contribution in [3.63, 3.8) is 0 Å². The zero-order valence-corrected chi connectivity index (χ0v) is 12.5. The summed E-state index contributed by atoms with van der Waals surface area (Å²) >= 11 is 0. The molecule has 0 aromatic heterocycles. The molecule has 2 nitrogen and oxygen atoms in total. The minimum Gasteiger partial charge on any atom is -0.315 e. The van der Waals surface area contributed by atoms with Gasteiger partial charge in [-0.15, -0.1) is 0 Å². The molecule has 1 N–H and O–H groups in total. The van der Waals surface area contributed by atoms with E-state index in [1.54, 1.807) is 0 Å². The van der Waals surface area contributed by atoms with Crippen LogP contribution in [0.15, 0.2) is 60.7 Å². The average molecular weight is 280 g/mol. The van der Waals surface area contributed by atoms with Gasteiger partial charge < -0.3 is 5.32 Å². The Morgan fingerprint density at radius 2 is 1.57 bits per heavy atom. The summed E-state index contributed by atoms with van der Waals surface area (Å²) in [6, 6.07) is 22.3. The number of hydrogen-bond acceptors (Lipinski definition) is 2. The molecule has 0 aliphatic carbocycles. The van der Waals surface area contributed by atoms with Gasteiger partial charge in [0, 0.05) is 25.7 Å². The van der Waals surface area contributed by atoms with Crippen LogP contribution in [0.5, 0.6) is 0 Å². The Kier molecular flexibility index (Phi) is 5.03. The smallest absolute Gasteiger partial charge is 0.0388 e. The second-order valence-corrected chi connectivity index (χ2v) is 5.76. The van der Waals surface area contributed by atoms with Crippen LogP contribution >= 0.6 is 0 Å². The van der Waals surface area contributed by atoms with E-state index in [1.807, 2.05) is 0 Å². The quantitative estimate of drug-likeness (QED) is 0.924. The van der Waals surface area contributed by atoms with E-state index in [4.69, 9.17) is 0 Å². The number of rotatable bonds is 4. The number of nitrogens with zero attached hydrogens (tertiary/aromatic N) is 1. The number of benzene rings is 2. The summed E-state index contributed by atoms with van der Waals surface area (Å²) in [6.45, 7) is 4.55. The van der Waals surface area contributed by atoms with Gasteiger partial charge in [-0.3, -0.25) is 4.90 Å². The third-order valence-electron chi connectivity index (χ3n) is 4.27. The predicted molar refractivity (Wildman–Crippen MR) is 88.4 cm³/mol. The Morgan fingerprint density at radius 3 is 2.33 bits per heavy atom. The van der Waals surface area contributed by atoms with Crippen molar-refractivity contribution in [1.82, 2.24) is 10.2 Å². The lowest BCUT2D eigenvalue weighted by atomic mass is 9.97. The van der Waals surface area contributed by atoms with E-state index < -0.39 is 0 Å². The highest BCUT2D eigenvalue weighted by molar-refractivity contribution is 5.24. The zero-order chi connectivity index (χ0) is 14.3. The third-order valence-corrected chi connectivity index (χ3v) is 4.27. The van der Waals surface area contributed by atoms with Gasteiger partial charge in [-0.25, -0.2) is 0 Å². The van der Waals surface area contributed by atoms with Gasteiger partial charge in [0.15, 0.2) is 0 Å². The topological polar surface area (TPSA) is 15.3 Å². The van der Waals surface area contributed by atoms with Gasteiger partial charge in [0.05, 0.1) is 0 Å². The van der Waals surface area contributed by atoms with Crippen LogP contribution in [0, 0.1) is 0 Å². The van der Waals surface area contributed by atoms with Crippen LogP contribution in [0.4, 0.5) is 0 Å². The first-order chi connectivity index (χ1) is 10.4. The van der Waals surface area contributed by atoms with E-state index in [0.717, 1.165) is 26.1 Å². The van der Waals surface area contributed by atoms with Gasteiger partial charge in [0.1, 0.15) is 0 Å². The Morgan fingerprint density at radius 1 is 0.857 bits per heavy atom. The molecule has 2 heteroatoms. The van der Waals surface area contributed by atoms with Crippen LogP contribution in [0.1, 0.15) is 23.6 Å². The summed E-state index contributed by atoms with van der Waals surface area (Å²) in [5.41, 5.74) is 2.85. The Hall–Kier alpha value is -1.64. The Bertz CT molecular complexity index is 516. The summed E-state index contributed by atoms with van der Waals surface area (Å²) < 4.78 is 0. The number of nitrogens with one attached hydrogen (secondary N) is 1. The van der Waals surface area contributed by atoms with Crippen molar-refractivity contribution in [2.24, 2.45) is 0 Å². The van der Waals surface area contributed by atoms with Crippen LogP contribution in [-0.4, -0.2) is 31.1 Å². The van der Waals surface area contributed by atoms with Gasteiger partial charge >= 0.3 is 0 Å². The number of hydrogen-bond donors (Lipinski definition) is 1. The monoisotopic (exact) mass is 280 g/mol. The average Bonchev–Trinajstić information content (AvgIpc) is 2.84. The molecule has 2 aromatic carbocycles. The summed E-state index contributed by atoms with van der Waals surface area (Å²) in [5.74, 6) is 0. The molecule has 21 heavy (non-hydrogen) atoms. The fourth-order valence-corrected chi connectivity index (χ4v) is 3.15. The zero-order valence-electron chi connectivity index (χ0n) is 12.5. The lowest BCUT2D eigenvalue weighted by molar-refractivity contribution is 0.209. The van der Waals surface area contributed by atoms with Crippen molar-refractivity contribution in [2.75, 3.05) is 26.2 Å². The molecule has 1 aliphatic rings. The molecule has 1 unspecified atom stereocenters. The van der Waals surface area contributed by atoms with Crippen molar-refractivity contribution in [2.45, 2.75) is 18.9 Å². The van der Waals surface area contributed by atoms with E-state index in [1.165, 1.54) is 24.1 Å². The largest absolute Gasteiger partial charge is 0.315 e. The third kappa shape index (κ3) is 3.93. The summed E-state index contributed by atoms with van der Waals surface area (Å²) in [4.78, 5) is 2.64. The molecule has 0 spiro atoms. The van der Waals surface area contributed by atoms with E-state index >= 15 is 0 Å². The molecule has 1 fully saturated rings. The normalized spacial score (nSPS) is 18.1. The van der Waals surface area contributed by atoms with Gasteiger partial charge in [0.25, 0.3) is 0 Å². The van der Waals surface area contributed by atoms with Crippen LogP contribution < -0.4 is 5.32 Å². The van der Waals surface area contributed by atoms with Crippen LogP contribution in [-0.2, 0) is 6.42 Å². The highest BCUT2D eigenvalue weighted by Crippen LogP contribution is 2.25. The van der Waals surface area contributed by atoms with Crippen LogP contribution in [0.2, 0.25) is 0 Å². The highest BCUT2D eigenvalue weighted by Gasteiger charge is 2.21. The Labute approximate surface area is 127 Å². The van der Waals surface area contributed by atoms with Crippen molar-refractivity contribution in [3.8, 4) is 0 Å². The van der Waals surface area contributed by atoms with E-state index in [2.05, 4.69) is 70.9 Å². The molecule has 0 amide bonds. The molecule has 110 valence electrons. The molecule has 1 aliphatic heterocycles. The lowest BCUT2D eigenvalue weighted by Crippen LogP contribution is -2.33. The molecule has 0 saturated carbocycles. The molecule has 0 bridgehead atoms. The maximum Gasteiger partial charge on any atom is 0.0388 e. The van der Waals surface area contributed by atoms with Crippen LogP contribution in [0.25, 0.3) is 0 Å². The molecular weight excluding hydrogens is 256 g/mol.